The first-order valence-corrected chi connectivity index (χ1v) is 2.74. The second kappa shape index (κ2) is 2.57. The summed E-state index contributed by atoms with van der Waals surface area (Å²) >= 11 is 0. The number of rotatable bonds is 1. The molecule has 1 aliphatic rings. The third-order valence-corrected chi connectivity index (χ3v) is 1.18. The first-order chi connectivity index (χ1) is 4.72. The lowest BCUT2D eigenvalue weighted by molar-refractivity contribution is -0.435. The number of nitro groups is 1. The van der Waals surface area contributed by atoms with Crippen LogP contribution in [0.25, 0.3) is 0 Å². The van der Waals surface area contributed by atoms with Crippen LogP contribution in [0.15, 0.2) is 16.8 Å². The zero-order valence-electron chi connectivity index (χ0n) is 5.10. The van der Waals surface area contributed by atoms with Gasteiger partial charge in [-0.05, 0) is 0 Å². The van der Waals surface area contributed by atoms with Gasteiger partial charge in [-0.25, -0.2) is 0 Å². The minimum absolute atomic E-state index is 0.0901. The Morgan fingerprint density at radius 1 is 1.90 bits per heavy atom. The molecule has 0 aromatic carbocycles. The molecule has 0 saturated heterocycles. The van der Waals surface area contributed by atoms with Gasteiger partial charge in [-0.15, -0.1) is 0 Å². The molecular formula is C5H6N2O3. The number of aliphatic imine (C=N–C) groups is 1. The van der Waals surface area contributed by atoms with Crippen molar-refractivity contribution < 1.29 is 10.0 Å². The molecule has 5 heteroatoms. The fourth-order valence-electron chi connectivity index (χ4n) is 0.677. The first-order valence-electron chi connectivity index (χ1n) is 2.74. The Bertz CT molecular complexity index is 209. The van der Waals surface area contributed by atoms with Crippen molar-refractivity contribution in [2.24, 2.45) is 4.99 Å². The number of hydrogen-bond donors (Lipinski definition) is 1. The molecule has 0 radical (unpaired) electrons. The van der Waals surface area contributed by atoms with Gasteiger partial charge in [-0.3, -0.25) is 15.1 Å². The Kier molecular flexibility index (Phi) is 1.77. The summed E-state index contributed by atoms with van der Waals surface area (Å²) in [4.78, 5) is 13.1. The molecule has 1 heterocycles. The van der Waals surface area contributed by atoms with Gasteiger partial charge < -0.3 is 5.11 Å². The van der Waals surface area contributed by atoms with Crippen molar-refractivity contribution >= 4 is 6.21 Å². The molecule has 5 nitrogen and oxygen atoms in total. The second-order valence-electron chi connectivity index (χ2n) is 1.88. The minimum atomic E-state index is -1.04. The monoisotopic (exact) mass is 142 g/mol. The molecule has 10 heavy (non-hydrogen) atoms. The second-order valence-corrected chi connectivity index (χ2v) is 1.88. The molecule has 0 aromatic rings. The summed E-state index contributed by atoms with van der Waals surface area (Å²) in [5.74, 6) is 0. The van der Waals surface area contributed by atoms with Gasteiger partial charge in [0.15, 0.2) is 6.10 Å². The van der Waals surface area contributed by atoms with Crippen LogP contribution in [0, 0.1) is 10.1 Å². The number of aliphatic hydroxyl groups excluding tert-OH is 1. The maximum absolute atomic E-state index is 10.1. The summed E-state index contributed by atoms with van der Waals surface area (Å²) in [7, 11) is 0. The molecule has 0 fully saturated rings. The SMILES string of the molecule is O=[N+]([O-])C1=CC=NCC1O. The molecule has 0 spiro atoms. The molecule has 0 aliphatic carbocycles. The van der Waals surface area contributed by atoms with Crippen LogP contribution >= 0.6 is 0 Å². The standard InChI is InChI=1S/C5H6N2O3/c8-5-3-6-2-1-4(5)7(9)10/h1-2,5,8H,3H2. The molecule has 1 rings (SSSR count). The normalized spacial score (nSPS) is 24.1. The highest BCUT2D eigenvalue weighted by Crippen LogP contribution is 2.05. The van der Waals surface area contributed by atoms with Crippen molar-refractivity contribution in [1.29, 1.82) is 0 Å². The largest absolute Gasteiger partial charge is 0.380 e. The molecule has 1 N–H and O–H groups in total. The molecule has 1 aliphatic heterocycles. The van der Waals surface area contributed by atoms with Gasteiger partial charge in [0, 0.05) is 12.3 Å². The average molecular weight is 142 g/mol. The lowest BCUT2D eigenvalue weighted by Crippen LogP contribution is -2.22. The van der Waals surface area contributed by atoms with Gasteiger partial charge in [0.05, 0.1) is 11.5 Å². The highest BCUT2D eigenvalue weighted by atomic mass is 16.6. The van der Waals surface area contributed by atoms with Crippen molar-refractivity contribution in [1.82, 2.24) is 0 Å². The predicted octanol–water partition coefficient (Wildman–Crippen LogP) is -0.408. The Morgan fingerprint density at radius 2 is 2.60 bits per heavy atom. The van der Waals surface area contributed by atoms with Crippen LogP contribution in [0.4, 0.5) is 0 Å². The van der Waals surface area contributed by atoms with Gasteiger partial charge in [-0.2, -0.15) is 0 Å². The molecule has 54 valence electrons. The van der Waals surface area contributed by atoms with Crippen LogP contribution < -0.4 is 0 Å². The van der Waals surface area contributed by atoms with Crippen LogP contribution in [0.2, 0.25) is 0 Å². The van der Waals surface area contributed by atoms with E-state index >= 15 is 0 Å². The summed E-state index contributed by atoms with van der Waals surface area (Å²) < 4.78 is 0. The van der Waals surface area contributed by atoms with E-state index in [0.717, 1.165) is 0 Å². The van der Waals surface area contributed by atoms with E-state index in [1.54, 1.807) is 0 Å². The fraction of sp³-hybridized carbons (Fsp3) is 0.400. The van der Waals surface area contributed by atoms with E-state index in [1.165, 1.54) is 12.3 Å². The molecular weight excluding hydrogens is 136 g/mol. The molecule has 0 bridgehead atoms. The summed E-state index contributed by atoms with van der Waals surface area (Å²) in [5.41, 5.74) is -0.185. The predicted molar refractivity (Wildman–Crippen MR) is 34.4 cm³/mol. The number of dihydropyridines is 1. The van der Waals surface area contributed by atoms with Crippen molar-refractivity contribution in [3.63, 3.8) is 0 Å². The summed E-state index contributed by atoms with van der Waals surface area (Å²) in [5, 5.41) is 19.0. The Labute approximate surface area is 56.8 Å². The van der Waals surface area contributed by atoms with Gasteiger partial charge >= 0.3 is 0 Å². The zero-order valence-corrected chi connectivity index (χ0v) is 5.10. The van der Waals surface area contributed by atoms with Crippen molar-refractivity contribution in [2.45, 2.75) is 6.10 Å². The summed E-state index contributed by atoms with van der Waals surface area (Å²) in [6, 6.07) is 0. The average Bonchev–Trinajstić information content (AvgIpc) is 1.88. The Hall–Kier alpha value is -1.23. The fourth-order valence-corrected chi connectivity index (χ4v) is 0.677. The lowest BCUT2D eigenvalue weighted by atomic mass is 10.2. The Balaban J connectivity index is 2.80. The lowest BCUT2D eigenvalue weighted by Gasteiger charge is -2.06. The van der Waals surface area contributed by atoms with Gasteiger partial charge in [-0.1, -0.05) is 0 Å². The number of allylic oxidation sites excluding steroid dienone is 1. The zero-order chi connectivity index (χ0) is 7.56. The third kappa shape index (κ3) is 1.19. The van der Waals surface area contributed by atoms with E-state index in [4.69, 9.17) is 5.11 Å². The number of hydrogen-bond acceptors (Lipinski definition) is 4. The first kappa shape index (κ1) is 6.88. The van der Waals surface area contributed by atoms with E-state index in [9.17, 15) is 10.1 Å². The van der Waals surface area contributed by atoms with Gasteiger partial charge in [0.1, 0.15) is 0 Å². The number of nitrogens with zero attached hydrogens (tertiary/aromatic N) is 2. The van der Waals surface area contributed by atoms with Crippen LogP contribution in [0.1, 0.15) is 0 Å². The van der Waals surface area contributed by atoms with Crippen LogP contribution in [0.3, 0.4) is 0 Å². The van der Waals surface area contributed by atoms with Crippen molar-refractivity contribution in [3.05, 3.63) is 21.9 Å². The topological polar surface area (TPSA) is 75.7 Å². The van der Waals surface area contributed by atoms with E-state index < -0.39 is 11.0 Å². The van der Waals surface area contributed by atoms with Crippen LogP contribution in [-0.2, 0) is 0 Å². The van der Waals surface area contributed by atoms with Crippen molar-refractivity contribution in [3.8, 4) is 0 Å². The van der Waals surface area contributed by atoms with Gasteiger partial charge in [0.2, 0.25) is 0 Å². The maximum atomic E-state index is 10.1. The highest BCUT2D eigenvalue weighted by Gasteiger charge is 2.22. The molecule has 0 amide bonds. The van der Waals surface area contributed by atoms with Crippen LogP contribution in [-0.4, -0.2) is 28.9 Å². The van der Waals surface area contributed by atoms with Crippen molar-refractivity contribution in [2.75, 3.05) is 6.54 Å². The van der Waals surface area contributed by atoms with E-state index in [2.05, 4.69) is 4.99 Å². The highest BCUT2D eigenvalue weighted by molar-refractivity contribution is 5.72. The smallest absolute Gasteiger partial charge is 0.277 e. The van der Waals surface area contributed by atoms with Crippen LogP contribution in [0.5, 0.6) is 0 Å². The van der Waals surface area contributed by atoms with Gasteiger partial charge in [0.25, 0.3) is 5.70 Å². The van der Waals surface area contributed by atoms with E-state index in [1.807, 2.05) is 0 Å². The molecule has 0 saturated carbocycles. The molecule has 1 atom stereocenters. The summed E-state index contributed by atoms with van der Waals surface area (Å²) in [6.45, 7) is 0.0901. The quantitative estimate of drug-likeness (QED) is 0.399. The van der Waals surface area contributed by atoms with E-state index in [-0.39, 0.29) is 12.2 Å². The Morgan fingerprint density at radius 3 is 3.00 bits per heavy atom. The minimum Gasteiger partial charge on any atom is -0.380 e. The molecule has 0 aromatic heterocycles. The number of aliphatic hydroxyl groups is 1. The van der Waals surface area contributed by atoms with E-state index in [0.29, 0.717) is 0 Å². The molecule has 1 unspecified atom stereocenters. The third-order valence-electron chi connectivity index (χ3n) is 1.18. The summed E-state index contributed by atoms with van der Waals surface area (Å²) in [6.07, 6.45) is 1.49. The maximum Gasteiger partial charge on any atom is 0.277 e.